The number of hydrogen-bond acceptors (Lipinski definition) is 11. The summed E-state index contributed by atoms with van der Waals surface area (Å²) in [5.41, 5.74) is 4.28. The lowest BCUT2D eigenvalue weighted by molar-refractivity contribution is -0.163. The van der Waals surface area contributed by atoms with E-state index in [0.717, 1.165) is 78.8 Å². The number of esters is 2. The Morgan fingerprint density at radius 3 is 0.887 bits per heavy atom. The van der Waals surface area contributed by atoms with Crippen molar-refractivity contribution in [3.8, 4) is 0 Å². The second kappa shape index (κ2) is 46.5. The highest BCUT2D eigenvalue weighted by Crippen LogP contribution is 2.46. The maximum Gasteiger partial charge on any atom is 0.465 e. The van der Waals surface area contributed by atoms with Crippen LogP contribution in [0, 0.1) is 0 Å². The van der Waals surface area contributed by atoms with Crippen molar-refractivity contribution >= 4 is 85.8 Å². The molecular weight excluding hydrogens is 1690 g/mol. The zero-order chi connectivity index (χ0) is 87.8. The third-order valence-corrected chi connectivity index (χ3v) is 30.5. The fourth-order valence-corrected chi connectivity index (χ4v) is 23.1. The molecule has 0 amide bonds. The molecule has 16 rings (SSSR count). The minimum atomic E-state index is -5.84. The van der Waals surface area contributed by atoms with Crippen LogP contribution >= 0.6 is 0 Å². The van der Waals surface area contributed by atoms with E-state index in [1.807, 2.05) is 30.3 Å². The van der Waals surface area contributed by atoms with Gasteiger partial charge >= 0.3 is 42.7 Å². The molecule has 0 atom stereocenters. The molecule has 13 aromatic carbocycles. The van der Waals surface area contributed by atoms with Gasteiger partial charge in [0.25, 0.3) is 0 Å². The monoisotopic (exact) mass is 1790 g/mol. The zero-order valence-electron chi connectivity index (χ0n) is 68.4. The summed E-state index contributed by atoms with van der Waals surface area (Å²) in [6.45, 7) is -0.942. The Labute approximate surface area is 734 Å². The second-order valence-electron chi connectivity index (χ2n) is 29.8. The van der Waals surface area contributed by atoms with Gasteiger partial charge in [-0.3, -0.25) is 9.11 Å². The molecule has 13 aromatic rings. The number of rotatable bonds is 22. The summed E-state index contributed by atoms with van der Waals surface area (Å²) in [6.07, 6.45) is 17.6. The zero-order valence-corrected chi connectivity index (χ0v) is 73.3. The molecule has 3 saturated carbocycles. The molecule has 0 spiro atoms. The SMILES string of the molecule is O=C(OCCc1cccc2ccccc12)C(F)(F)S(=O)(=O)O.O=C(OCc1ccccc1)C(F)(F)S(=O)(=O)O.O=S(=O)([O-])c1c(C2CCCCC2)cc(C2CCCCC2)cc1C1CCCCC1.c1ccc([S+](c2ccccc2)c2ccccc2)cc1.c1ccc([S+](c2ccccc2)c2ccccc2)cc1.c1ccc([S+](c2ccccc2)c2ccccc2)cc1. The molecule has 3 fully saturated rings. The lowest BCUT2D eigenvalue weighted by Crippen LogP contribution is -2.39. The Balaban J connectivity index is 0.000000146. The van der Waals surface area contributed by atoms with E-state index in [1.54, 1.807) is 30.3 Å². The summed E-state index contributed by atoms with van der Waals surface area (Å²) in [5.74, 6) is -3.57. The van der Waals surface area contributed by atoms with Gasteiger partial charge in [-0.2, -0.15) is 34.4 Å². The number of ether oxygens (including phenoxy) is 2. The minimum Gasteiger partial charge on any atom is -0.744 e. The van der Waals surface area contributed by atoms with Crippen LogP contribution in [-0.4, -0.2) is 68.0 Å². The predicted molar refractivity (Wildman–Crippen MR) is 484 cm³/mol. The van der Waals surface area contributed by atoms with Crippen molar-refractivity contribution in [2.24, 2.45) is 0 Å². The number of carbonyl (C=O) groups excluding carboxylic acids is 2. The molecule has 3 aliphatic carbocycles. The maximum atomic E-state index is 13.0. The van der Waals surface area contributed by atoms with Crippen LogP contribution < -0.4 is 0 Å². The van der Waals surface area contributed by atoms with Gasteiger partial charge in [-0.25, -0.2) is 18.0 Å². The second-order valence-corrected chi connectivity index (χ2v) is 40.1. The first-order valence-corrected chi connectivity index (χ1v) is 49.2. The standard InChI is InChI=1S/C24H36O3S.3C18H15S.C14H12F2O5S.C9H8F2O5S/c25-28(26,27)24-22(19-12-6-2-7-13-19)16-21(18-10-4-1-5-11-18)17-23(24)20-14-8-3-9-15-20;3*1-4-10-16(11-5-1)19(17-12-6-2-7-13-17)18-14-8-3-9-15-18;15-14(16,22(18,19)20)13(17)21-9-8-11-6-3-5-10-4-1-2-7-12(10)11;10-9(11,17(13,14)15)8(12)16-6-7-4-2-1-3-5-7/h16-20H,1-15H2,(H,25,26,27);3*1-15H;1-7H,8-9H2,(H,18,19,20);1-5H,6H2,(H,13,14,15)/q;3*+1;;/p-1. The van der Waals surface area contributed by atoms with E-state index >= 15 is 0 Å². The van der Waals surface area contributed by atoms with Gasteiger partial charge in [0.1, 0.15) is 16.7 Å². The van der Waals surface area contributed by atoms with Crippen molar-refractivity contribution in [2.45, 2.75) is 187 Å². The van der Waals surface area contributed by atoms with Crippen LogP contribution in [0.1, 0.15) is 142 Å². The number of carbonyl (C=O) groups is 2. The van der Waals surface area contributed by atoms with Gasteiger partial charge in [0.15, 0.2) is 44.1 Å². The first kappa shape index (κ1) is 94.2. The molecule has 644 valence electrons. The summed E-state index contributed by atoms with van der Waals surface area (Å²) in [4.78, 5) is 34.3. The van der Waals surface area contributed by atoms with E-state index < -0.39 is 66.0 Å². The third-order valence-electron chi connectivity index (χ3n) is 21.2. The number of benzene rings is 13. The smallest absolute Gasteiger partial charge is 0.465 e. The fourth-order valence-electron chi connectivity index (χ4n) is 15.2. The van der Waals surface area contributed by atoms with E-state index in [4.69, 9.17) is 9.11 Å². The van der Waals surface area contributed by atoms with Crippen LogP contribution in [0.15, 0.2) is 407 Å². The minimum absolute atomic E-state index is 0.0146. The third kappa shape index (κ3) is 26.8. The van der Waals surface area contributed by atoms with Crippen LogP contribution in [0.4, 0.5) is 17.6 Å². The number of hydrogen-bond donors (Lipinski definition) is 2. The first-order valence-electron chi connectivity index (χ1n) is 41.2. The highest BCUT2D eigenvalue weighted by atomic mass is 32.2. The molecule has 0 radical (unpaired) electrons. The van der Waals surface area contributed by atoms with E-state index in [1.165, 1.54) is 107 Å². The summed E-state index contributed by atoms with van der Waals surface area (Å²) in [6, 6.07) is 121. The molecule has 124 heavy (non-hydrogen) atoms. The molecule has 0 aliphatic heterocycles. The molecule has 13 nitrogen and oxygen atoms in total. The van der Waals surface area contributed by atoms with Crippen molar-refractivity contribution in [1.29, 1.82) is 0 Å². The highest BCUT2D eigenvalue weighted by molar-refractivity contribution is 7.97. The molecule has 0 saturated heterocycles. The normalized spacial score (nSPS) is 14.1. The van der Waals surface area contributed by atoms with E-state index in [-0.39, 0.29) is 55.8 Å². The average molecular weight is 1790 g/mol. The molecule has 0 unspecified atom stereocenters. The Morgan fingerprint density at radius 2 is 0.597 bits per heavy atom. The molecule has 0 aromatic heterocycles. The molecule has 2 N–H and O–H groups in total. The van der Waals surface area contributed by atoms with Gasteiger partial charge < -0.3 is 14.0 Å². The molecule has 23 heteroatoms. The summed E-state index contributed by atoms with van der Waals surface area (Å²) in [7, 11) is -16.2. The van der Waals surface area contributed by atoms with Crippen LogP contribution in [0.2, 0.25) is 0 Å². The molecule has 0 bridgehead atoms. The first-order chi connectivity index (χ1) is 59.9. The van der Waals surface area contributed by atoms with Crippen molar-refractivity contribution in [1.82, 2.24) is 0 Å². The molecule has 3 aliphatic rings. The lowest BCUT2D eigenvalue weighted by Gasteiger charge is -2.33. The van der Waals surface area contributed by atoms with Crippen LogP contribution in [0.3, 0.4) is 0 Å². The maximum absolute atomic E-state index is 13.0. The fraction of sp³-hybridized carbons (Fsp3) is 0.228. The van der Waals surface area contributed by atoms with E-state index in [2.05, 4.69) is 295 Å². The van der Waals surface area contributed by atoms with Crippen molar-refractivity contribution in [3.63, 3.8) is 0 Å². The van der Waals surface area contributed by atoms with Crippen molar-refractivity contribution in [2.75, 3.05) is 6.61 Å². The summed E-state index contributed by atoms with van der Waals surface area (Å²) >= 11 is 0. The Morgan fingerprint density at radius 1 is 0.339 bits per heavy atom. The summed E-state index contributed by atoms with van der Waals surface area (Å²) < 4.78 is 155. The molecular formula is C101H100F4O13S6+2. The van der Waals surface area contributed by atoms with Gasteiger partial charge in [-0.1, -0.05) is 307 Å². The molecule has 0 heterocycles. The Bertz CT molecular complexity index is 5190. The average Bonchev–Trinajstić information content (AvgIpc) is 0.762. The van der Waals surface area contributed by atoms with Crippen LogP contribution in [0.25, 0.3) is 10.8 Å². The summed E-state index contributed by atoms with van der Waals surface area (Å²) in [5, 5.41) is -8.11. The largest absolute Gasteiger partial charge is 0.744 e. The van der Waals surface area contributed by atoms with Gasteiger partial charge in [0, 0.05) is 6.42 Å². The number of fused-ring (bicyclic) bond motifs is 1. The van der Waals surface area contributed by atoms with Gasteiger partial charge in [0.2, 0.25) is 0 Å². The van der Waals surface area contributed by atoms with E-state index in [9.17, 15) is 57.0 Å². The van der Waals surface area contributed by atoms with E-state index in [0.29, 0.717) is 11.5 Å². The van der Waals surface area contributed by atoms with Gasteiger partial charge in [0.05, 0.1) is 44.2 Å². The van der Waals surface area contributed by atoms with Crippen molar-refractivity contribution < 1.29 is 75.5 Å². The number of alkyl halides is 4. The van der Waals surface area contributed by atoms with Gasteiger partial charge in [-0.05, 0) is 204 Å². The van der Waals surface area contributed by atoms with Crippen LogP contribution in [-0.2, 0) is 95.1 Å². The lowest BCUT2D eigenvalue weighted by atomic mass is 9.76. The topological polar surface area (TPSA) is 219 Å². The van der Waals surface area contributed by atoms with Crippen molar-refractivity contribution in [3.05, 3.63) is 386 Å². The van der Waals surface area contributed by atoms with Gasteiger partial charge in [-0.15, -0.1) is 0 Å². The quantitative estimate of drug-likeness (QED) is 0.0280. The number of halogens is 4. The predicted octanol–water partition coefficient (Wildman–Crippen LogP) is 24.7. The highest BCUT2D eigenvalue weighted by Gasteiger charge is 2.55. The Hall–Kier alpha value is -10.4. The Kier molecular flexibility index (Phi) is 35.3. The van der Waals surface area contributed by atoms with Crippen LogP contribution in [0.5, 0.6) is 0 Å².